The van der Waals surface area contributed by atoms with Gasteiger partial charge < -0.3 is 20.3 Å². The molecule has 2 aromatic carbocycles. The number of fused-ring (bicyclic) bond motifs is 3. The highest BCUT2D eigenvalue weighted by atomic mass is 35.5. The lowest BCUT2D eigenvalue weighted by Gasteiger charge is -2.46. The Morgan fingerprint density at radius 3 is 2.73 bits per heavy atom. The summed E-state index contributed by atoms with van der Waals surface area (Å²) in [6, 6.07) is 4.00. The maximum absolute atomic E-state index is 17.1. The van der Waals surface area contributed by atoms with E-state index in [4.69, 9.17) is 27.1 Å². The summed E-state index contributed by atoms with van der Waals surface area (Å²) in [5.41, 5.74) is 5.41. The first-order chi connectivity index (χ1) is 24.6. The highest BCUT2D eigenvalue weighted by molar-refractivity contribution is 7.22. The zero-order valence-corrected chi connectivity index (χ0v) is 29.1. The quantitative estimate of drug-likeness (QED) is 0.227. The van der Waals surface area contributed by atoms with Gasteiger partial charge in [0, 0.05) is 49.1 Å². The van der Waals surface area contributed by atoms with Crippen molar-refractivity contribution in [2.24, 2.45) is 0 Å². The van der Waals surface area contributed by atoms with Crippen LogP contribution in [0.4, 0.5) is 28.9 Å². The number of aromatic nitrogens is 6. The van der Waals surface area contributed by atoms with Crippen molar-refractivity contribution in [2.75, 3.05) is 50.0 Å². The molecule has 51 heavy (non-hydrogen) atoms. The molecular formula is C34H34ClF3N10O2S. The van der Waals surface area contributed by atoms with Crippen molar-refractivity contribution in [3.05, 3.63) is 47.5 Å². The topological polar surface area (TPSA) is 131 Å². The third-order valence-corrected chi connectivity index (χ3v) is 12.3. The van der Waals surface area contributed by atoms with Gasteiger partial charge in [-0.3, -0.25) is 4.90 Å². The lowest BCUT2D eigenvalue weighted by molar-refractivity contribution is 0.107. The van der Waals surface area contributed by atoms with Crippen LogP contribution < -0.4 is 15.4 Å². The number of anilines is 2. The number of piperidine rings is 1. The molecule has 9 rings (SSSR count). The number of benzene rings is 2. The van der Waals surface area contributed by atoms with Crippen LogP contribution in [-0.2, 0) is 0 Å². The molecule has 4 saturated heterocycles. The van der Waals surface area contributed by atoms with Crippen molar-refractivity contribution in [1.29, 1.82) is 0 Å². The van der Waals surface area contributed by atoms with Gasteiger partial charge in [-0.2, -0.15) is 19.7 Å². The van der Waals surface area contributed by atoms with Crippen LogP contribution in [0, 0.1) is 11.6 Å². The molecule has 17 heteroatoms. The van der Waals surface area contributed by atoms with Gasteiger partial charge in [-0.05, 0) is 63.3 Å². The van der Waals surface area contributed by atoms with Crippen molar-refractivity contribution in [1.82, 2.24) is 39.5 Å². The van der Waals surface area contributed by atoms with Gasteiger partial charge in [-0.25, -0.2) is 27.9 Å². The second kappa shape index (κ2) is 12.2. The van der Waals surface area contributed by atoms with Gasteiger partial charge in [0.2, 0.25) is 0 Å². The molecule has 266 valence electrons. The molecule has 0 radical (unpaired) electrons. The van der Waals surface area contributed by atoms with E-state index in [1.807, 2.05) is 0 Å². The summed E-state index contributed by atoms with van der Waals surface area (Å²) < 4.78 is 54.3. The van der Waals surface area contributed by atoms with E-state index >= 15 is 4.39 Å². The molecule has 3 aromatic heterocycles. The van der Waals surface area contributed by atoms with E-state index in [1.165, 1.54) is 29.5 Å². The van der Waals surface area contributed by atoms with Crippen molar-refractivity contribution in [2.45, 2.75) is 62.2 Å². The molecule has 4 aliphatic heterocycles. The number of amides is 1. The van der Waals surface area contributed by atoms with E-state index in [2.05, 4.69) is 29.9 Å². The Morgan fingerprint density at radius 1 is 1.08 bits per heavy atom. The highest BCUT2D eigenvalue weighted by Crippen LogP contribution is 2.47. The minimum Gasteiger partial charge on any atom is -0.461 e. The predicted octanol–water partition coefficient (Wildman–Crippen LogP) is 6.07. The molecule has 7 heterocycles. The number of halogens is 4. The lowest BCUT2D eigenvalue weighted by Crippen LogP contribution is -2.58. The monoisotopic (exact) mass is 738 g/mol. The van der Waals surface area contributed by atoms with E-state index < -0.39 is 28.9 Å². The predicted molar refractivity (Wildman–Crippen MR) is 187 cm³/mol. The number of alkyl halides is 1. The number of nitrogens with zero attached hydrogens (tertiary/aromatic N) is 9. The molecule has 1 unspecified atom stereocenters. The average Bonchev–Trinajstić information content (AvgIpc) is 3.95. The first kappa shape index (κ1) is 32.6. The van der Waals surface area contributed by atoms with E-state index in [0.29, 0.717) is 43.8 Å². The normalized spacial score (nSPS) is 25.1. The Labute approximate surface area is 299 Å². The number of ether oxygens (including phenoxy) is 1. The van der Waals surface area contributed by atoms with Crippen molar-refractivity contribution in [3.63, 3.8) is 0 Å². The molecule has 0 saturated carbocycles. The average molecular weight is 739 g/mol. The van der Waals surface area contributed by atoms with Gasteiger partial charge >= 0.3 is 12.0 Å². The summed E-state index contributed by atoms with van der Waals surface area (Å²) in [4.78, 5) is 37.3. The summed E-state index contributed by atoms with van der Waals surface area (Å²) in [5.74, 6) is -0.824. The first-order valence-corrected chi connectivity index (χ1v) is 18.3. The fourth-order valence-electron chi connectivity index (χ4n) is 8.94. The fraction of sp³-hybridized carbons (Fsp3) is 0.471. The largest absolute Gasteiger partial charge is 0.461 e. The molecule has 12 nitrogen and oxygen atoms in total. The zero-order chi connectivity index (χ0) is 35.1. The van der Waals surface area contributed by atoms with Crippen molar-refractivity contribution < 1.29 is 22.7 Å². The van der Waals surface area contributed by atoms with Gasteiger partial charge in [0.25, 0.3) is 0 Å². The Balaban J connectivity index is 1.17. The summed E-state index contributed by atoms with van der Waals surface area (Å²) in [6.07, 6.45) is 6.93. The Hall–Kier alpha value is -4.28. The zero-order valence-electron chi connectivity index (χ0n) is 27.5. The van der Waals surface area contributed by atoms with Crippen molar-refractivity contribution in [3.8, 4) is 17.1 Å². The van der Waals surface area contributed by atoms with Crippen LogP contribution in [0.3, 0.4) is 0 Å². The second-order valence-electron chi connectivity index (χ2n) is 14.1. The molecule has 3 atom stereocenters. The molecule has 2 N–H and O–H groups in total. The number of hydrogen-bond donors (Lipinski definition) is 1. The number of thiazole rings is 1. The van der Waals surface area contributed by atoms with Crippen LogP contribution in [0.5, 0.6) is 6.01 Å². The Kier molecular flexibility index (Phi) is 7.78. The molecule has 1 spiro atoms. The van der Waals surface area contributed by atoms with Crippen LogP contribution in [0.25, 0.3) is 32.2 Å². The minimum absolute atomic E-state index is 0.00472. The second-order valence-corrected chi connectivity index (χ2v) is 15.5. The summed E-state index contributed by atoms with van der Waals surface area (Å²) in [5, 5.41) is 4.62. The standard InChI is InChI=1S/C34H34ClF3N10O2S/c35-22-12-21-26(25(38)24(22)20-4-5-23(37)28-27(20)42-30(39)51-28)43-31(50-16-34-8-2-10-46(34)14-19(36)13-34)44-29(21)47-11-3-7-33(47)6-1-9-45(15-33)32(49)48-18-40-17-41-48/h4-5,12,17-19H,1-3,6-11,13-16H2,(H2,39,42)/t19-,33?,34+/m1/s1. The number of nitrogens with two attached hydrogens (primary N) is 1. The van der Waals surface area contributed by atoms with Gasteiger partial charge in [-0.15, -0.1) is 0 Å². The minimum atomic E-state index is -0.949. The molecule has 0 aliphatic carbocycles. The number of hydrogen-bond acceptors (Lipinski definition) is 11. The van der Waals surface area contributed by atoms with Gasteiger partial charge in [0.05, 0.1) is 26.3 Å². The third kappa shape index (κ3) is 5.27. The molecule has 0 bridgehead atoms. The molecule has 1 amide bonds. The van der Waals surface area contributed by atoms with Gasteiger partial charge in [0.1, 0.15) is 42.6 Å². The van der Waals surface area contributed by atoms with Crippen LogP contribution in [0.2, 0.25) is 5.02 Å². The van der Waals surface area contributed by atoms with E-state index in [-0.39, 0.29) is 55.7 Å². The number of carbonyl (C=O) groups is 1. The molecule has 4 fully saturated rings. The number of carbonyl (C=O) groups excluding carboxylic acids is 1. The summed E-state index contributed by atoms with van der Waals surface area (Å²) in [6.45, 7) is 2.85. The number of rotatable bonds is 5. The maximum atomic E-state index is 17.1. The fourth-order valence-corrected chi connectivity index (χ4v) is 10.00. The maximum Gasteiger partial charge on any atom is 0.346 e. The van der Waals surface area contributed by atoms with Gasteiger partial charge in [0.15, 0.2) is 10.9 Å². The summed E-state index contributed by atoms with van der Waals surface area (Å²) in [7, 11) is 0. The Bertz CT molecular complexity index is 2190. The van der Waals surface area contributed by atoms with Crippen LogP contribution >= 0.6 is 22.9 Å². The van der Waals surface area contributed by atoms with E-state index in [9.17, 15) is 13.6 Å². The molecule has 5 aromatic rings. The van der Waals surface area contributed by atoms with Crippen LogP contribution in [0.1, 0.15) is 44.9 Å². The van der Waals surface area contributed by atoms with Gasteiger partial charge in [-0.1, -0.05) is 22.9 Å². The highest BCUT2D eigenvalue weighted by Gasteiger charge is 2.50. The summed E-state index contributed by atoms with van der Waals surface area (Å²) >= 11 is 7.89. The number of likely N-dealkylation sites (tertiary alicyclic amines) is 1. The van der Waals surface area contributed by atoms with E-state index in [0.717, 1.165) is 56.4 Å². The molecular weight excluding hydrogens is 705 g/mol. The van der Waals surface area contributed by atoms with Crippen molar-refractivity contribution >= 4 is 61.0 Å². The van der Waals surface area contributed by atoms with Crippen LogP contribution in [0.15, 0.2) is 30.9 Å². The Morgan fingerprint density at radius 2 is 1.90 bits per heavy atom. The molecule has 4 aliphatic rings. The third-order valence-electron chi connectivity index (χ3n) is 11.1. The van der Waals surface area contributed by atoms with E-state index in [1.54, 1.807) is 11.0 Å². The first-order valence-electron chi connectivity index (χ1n) is 17.1. The SMILES string of the molecule is Nc1nc2c(-c3c(Cl)cc4c(N5CCCC56CCCN(C(=O)n5cncn5)C6)nc(OC[C@@]56CCCN5C[C@H](F)C6)nc4c3F)ccc(F)c2s1. The smallest absolute Gasteiger partial charge is 0.346 e. The lowest BCUT2D eigenvalue weighted by atomic mass is 9.86. The van der Waals surface area contributed by atoms with Crippen LogP contribution in [-0.4, -0.2) is 102 Å². The number of nitrogen functional groups attached to an aromatic ring is 1.